The van der Waals surface area contributed by atoms with Crippen molar-refractivity contribution in [1.82, 2.24) is 0 Å². The van der Waals surface area contributed by atoms with Crippen molar-refractivity contribution >= 4 is 17.3 Å². The molecule has 0 aromatic heterocycles. The van der Waals surface area contributed by atoms with Crippen molar-refractivity contribution in [3.63, 3.8) is 0 Å². The highest BCUT2D eigenvalue weighted by molar-refractivity contribution is 5.96. The summed E-state index contributed by atoms with van der Waals surface area (Å²) >= 11 is 0. The van der Waals surface area contributed by atoms with Crippen LogP contribution >= 0.6 is 0 Å². The molecule has 3 N–H and O–H groups in total. The molecule has 132 valence electrons. The third-order valence-corrected chi connectivity index (χ3v) is 3.21. The van der Waals surface area contributed by atoms with Crippen LogP contribution in [0.5, 0.6) is 5.75 Å². The lowest BCUT2D eigenvalue weighted by atomic mass is 10.1. The first-order valence-electron chi connectivity index (χ1n) is 7.69. The summed E-state index contributed by atoms with van der Waals surface area (Å²) in [6, 6.07) is 13.3. The Morgan fingerprint density at radius 3 is 2.60 bits per heavy atom. The lowest BCUT2D eigenvalue weighted by Gasteiger charge is -2.12. The van der Waals surface area contributed by atoms with Crippen LogP contribution in [0.25, 0.3) is 0 Å². The summed E-state index contributed by atoms with van der Waals surface area (Å²) < 4.78 is 10.5. The van der Waals surface area contributed by atoms with Gasteiger partial charge in [0.25, 0.3) is 5.69 Å². The van der Waals surface area contributed by atoms with Crippen LogP contribution in [-0.4, -0.2) is 37.2 Å². The van der Waals surface area contributed by atoms with Crippen molar-refractivity contribution in [3.05, 3.63) is 64.2 Å². The SMILES string of the molecule is NCCOC(=O)c1cc([N+](=O)[O-])ccc1NCCOc1ccccc1. The van der Waals surface area contributed by atoms with E-state index in [0.717, 1.165) is 5.75 Å². The number of benzene rings is 2. The highest BCUT2D eigenvalue weighted by Gasteiger charge is 2.17. The second-order valence-electron chi connectivity index (χ2n) is 5.00. The summed E-state index contributed by atoms with van der Waals surface area (Å²) in [7, 11) is 0. The molecule has 8 heteroatoms. The number of anilines is 1. The summed E-state index contributed by atoms with van der Waals surface area (Å²) in [6.45, 7) is 0.981. The van der Waals surface area contributed by atoms with Crippen molar-refractivity contribution in [2.45, 2.75) is 0 Å². The first-order chi connectivity index (χ1) is 12.1. The first-order valence-corrected chi connectivity index (χ1v) is 7.69. The minimum atomic E-state index is -0.666. The van der Waals surface area contributed by atoms with E-state index in [-0.39, 0.29) is 24.4 Å². The summed E-state index contributed by atoms with van der Waals surface area (Å²) in [5.74, 6) is 0.0659. The van der Waals surface area contributed by atoms with E-state index in [4.69, 9.17) is 15.2 Å². The Labute approximate surface area is 144 Å². The fourth-order valence-corrected chi connectivity index (χ4v) is 2.07. The summed E-state index contributed by atoms with van der Waals surface area (Å²) in [4.78, 5) is 22.4. The van der Waals surface area contributed by atoms with Gasteiger partial charge in [-0.05, 0) is 18.2 Å². The smallest absolute Gasteiger partial charge is 0.340 e. The third kappa shape index (κ3) is 5.47. The lowest BCUT2D eigenvalue weighted by molar-refractivity contribution is -0.384. The van der Waals surface area contributed by atoms with E-state index < -0.39 is 10.9 Å². The number of nitrogens with two attached hydrogens (primary N) is 1. The van der Waals surface area contributed by atoms with Crippen LogP contribution in [0.2, 0.25) is 0 Å². The predicted octanol–water partition coefficient (Wildman–Crippen LogP) is 2.20. The fourth-order valence-electron chi connectivity index (χ4n) is 2.07. The second kappa shape index (κ2) is 9.24. The van der Waals surface area contributed by atoms with Crippen LogP contribution in [0.1, 0.15) is 10.4 Å². The molecule has 0 aliphatic heterocycles. The van der Waals surface area contributed by atoms with Crippen molar-refractivity contribution in [2.75, 3.05) is 31.6 Å². The monoisotopic (exact) mass is 345 g/mol. The zero-order chi connectivity index (χ0) is 18.1. The van der Waals surface area contributed by atoms with Gasteiger partial charge in [0.2, 0.25) is 0 Å². The van der Waals surface area contributed by atoms with E-state index in [1.807, 2.05) is 30.3 Å². The minimum Gasteiger partial charge on any atom is -0.492 e. The van der Waals surface area contributed by atoms with Crippen LogP contribution in [-0.2, 0) is 4.74 Å². The molecule has 0 unspecified atom stereocenters. The van der Waals surface area contributed by atoms with E-state index in [1.165, 1.54) is 18.2 Å². The number of nitro benzene ring substituents is 1. The van der Waals surface area contributed by atoms with Crippen molar-refractivity contribution in [1.29, 1.82) is 0 Å². The molecule has 0 saturated heterocycles. The molecule has 8 nitrogen and oxygen atoms in total. The standard InChI is InChI=1S/C17H19N3O5/c18-8-10-25-17(21)15-12-13(20(22)23)6-7-16(15)19-9-11-24-14-4-2-1-3-5-14/h1-7,12,19H,8-11,18H2. The number of para-hydroxylation sites is 1. The number of nitrogens with zero attached hydrogens (tertiary/aromatic N) is 1. The molecule has 2 aromatic rings. The maximum Gasteiger partial charge on any atom is 0.340 e. The number of rotatable bonds is 9. The number of nitro groups is 1. The first kappa shape index (κ1) is 18.2. The molecule has 0 spiro atoms. The Balaban J connectivity index is 2.02. The molecule has 0 fully saturated rings. The quantitative estimate of drug-likeness (QED) is 0.310. The molecule has 0 amide bonds. The largest absolute Gasteiger partial charge is 0.492 e. The van der Waals surface area contributed by atoms with Gasteiger partial charge in [-0.2, -0.15) is 0 Å². The molecule has 0 bridgehead atoms. The van der Waals surface area contributed by atoms with Gasteiger partial charge in [-0.3, -0.25) is 10.1 Å². The topological polar surface area (TPSA) is 117 Å². The van der Waals surface area contributed by atoms with Gasteiger partial charge in [0.1, 0.15) is 19.0 Å². The van der Waals surface area contributed by atoms with E-state index in [1.54, 1.807) is 0 Å². The molecule has 25 heavy (non-hydrogen) atoms. The molecule has 0 aliphatic carbocycles. The van der Waals surface area contributed by atoms with Crippen LogP contribution in [0.15, 0.2) is 48.5 Å². The molecule has 0 heterocycles. The van der Waals surface area contributed by atoms with Gasteiger partial charge in [-0.25, -0.2) is 4.79 Å². The Bertz CT molecular complexity index is 721. The van der Waals surface area contributed by atoms with Crippen LogP contribution in [0, 0.1) is 10.1 Å². The Kier molecular flexibility index (Phi) is 6.73. The average molecular weight is 345 g/mol. The van der Waals surface area contributed by atoms with E-state index in [9.17, 15) is 14.9 Å². The number of ether oxygens (including phenoxy) is 2. The highest BCUT2D eigenvalue weighted by atomic mass is 16.6. The number of hydrogen-bond acceptors (Lipinski definition) is 7. The maximum absolute atomic E-state index is 12.1. The van der Waals surface area contributed by atoms with Crippen LogP contribution in [0.4, 0.5) is 11.4 Å². The molecule has 0 saturated carbocycles. The summed E-state index contributed by atoms with van der Waals surface area (Å²) in [5.41, 5.74) is 5.64. The molecule has 0 atom stereocenters. The average Bonchev–Trinajstić information content (AvgIpc) is 2.64. The van der Waals surface area contributed by atoms with Crippen LogP contribution < -0.4 is 15.8 Å². The van der Waals surface area contributed by atoms with E-state index in [2.05, 4.69) is 5.32 Å². The molecule has 0 radical (unpaired) electrons. The zero-order valence-corrected chi connectivity index (χ0v) is 13.5. The predicted molar refractivity (Wildman–Crippen MR) is 92.9 cm³/mol. The van der Waals surface area contributed by atoms with Gasteiger partial charge >= 0.3 is 5.97 Å². The van der Waals surface area contributed by atoms with Gasteiger partial charge in [-0.1, -0.05) is 18.2 Å². The number of hydrogen-bond donors (Lipinski definition) is 2. The number of carbonyl (C=O) groups excluding carboxylic acids is 1. The van der Waals surface area contributed by atoms with Crippen molar-refractivity contribution in [3.8, 4) is 5.75 Å². The molecule has 0 aliphatic rings. The number of esters is 1. The van der Waals surface area contributed by atoms with Crippen molar-refractivity contribution < 1.29 is 19.2 Å². The second-order valence-corrected chi connectivity index (χ2v) is 5.00. The summed E-state index contributed by atoms with van der Waals surface area (Å²) in [6.07, 6.45) is 0. The minimum absolute atomic E-state index is 0.0398. The Morgan fingerprint density at radius 2 is 1.92 bits per heavy atom. The normalized spacial score (nSPS) is 10.1. The van der Waals surface area contributed by atoms with Gasteiger partial charge in [0.15, 0.2) is 0 Å². The highest BCUT2D eigenvalue weighted by Crippen LogP contribution is 2.23. The molecular formula is C17H19N3O5. The third-order valence-electron chi connectivity index (χ3n) is 3.21. The molecule has 2 rings (SSSR count). The summed E-state index contributed by atoms with van der Waals surface area (Å²) in [5, 5.41) is 13.9. The lowest BCUT2D eigenvalue weighted by Crippen LogP contribution is -2.17. The Morgan fingerprint density at radius 1 is 1.16 bits per heavy atom. The van der Waals surface area contributed by atoms with Gasteiger partial charge < -0.3 is 20.5 Å². The molecule has 2 aromatic carbocycles. The number of nitrogens with one attached hydrogen (secondary N) is 1. The Hall–Kier alpha value is -3.13. The maximum atomic E-state index is 12.1. The fraction of sp³-hybridized carbons (Fsp3) is 0.235. The van der Waals surface area contributed by atoms with Crippen LogP contribution in [0.3, 0.4) is 0 Å². The van der Waals surface area contributed by atoms with E-state index >= 15 is 0 Å². The number of non-ortho nitro benzene ring substituents is 1. The van der Waals surface area contributed by atoms with E-state index in [0.29, 0.717) is 18.8 Å². The van der Waals surface area contributed by atoms with Gasteiger partial charge in [0, 0.05) is 30.9 Å². The molecular weight excluding hydrogens is 326 g/mol. The van der Waals surface area contributed by atoms with Gasteiger partial charge in [-0.15, -0.1) is 0 Å². The van der Waals surface area contributed by atoms with Gasteiger partial charge in [0.05, 0.1) is 10.5 Å². The number of carbonyl (C=O) groups is 1. The van der Waals surface area contributed by atoms with Crippen molar-refractivity contribution in [2.24, 2.45) is 5.73 Å². The zero-order valence-electron chi connectivity index (χ0n) is 13.5.